The Bertz CT molecular complexity index is 547. The van der Waals surface area contributed by atoms with Crippen molar-refractivity contribution >= 4 is 27.5 Å². The number of rotatable bonds is 5. The van der Waals surface area contributed by atoms with Gasteiger partial charge in [0, 0.05) is 21.6 Å². The number of hydrogen-bond acceptors (Lipinski definition) is 2. The molecule has 0 aliphatic carbocycles. The Labute approximate surface area is 126 Å². The third kappa shape index (κ3) is 3.80. The molecule has 2 nitrogen and oxygen atoms in total. The number of benzene rings is 2. The predicted molar refractivity (Wildman–Crippen MR) is 82.2 cm³/mol. The first-order chi connectivity index (χ1) is 9.22. The molecule has 0 aliphatic rings. The molecule has 1 unspecified atom stereocenters. The van der Waals surface area contributed by atoms with Crippen LogP contribution < -0.4 is 5.73 Å². The zero-order valence-electron chi connectivity index (χ0n) is 10.4. The molecule has 0 fully saturated rings. The molecule has 0 aliphatic heterocycles. The lowest BCUT2D eigenvalue weighted by atomic mass is 10.1. The van der Waals surface area contributed by atoms with Crippen LogP contribution in [0.3, 0.4) is 0 Å². The van der Waals surface area contributed by atoms with Crippen LogP contribution in [0.4, 0.5) is 0 Å². The monoisotopic (exact) mass is 339 g/mol. The molecule has 100 valence electrons. The van der Waals surface area contributed by atoms with Crippen molar-refractivity contribution < 1.29 is 4.74 Å². The first-order valence-electron chi connectivity index (χ1n) is 6.02. The molecule has 2 aromatic carbocycles. The third-order valence-electron chi connectivity index (χ3n) is 2.86. The second kappa shape index (κ2) is 7.06. The SMILES string of the molecule is NCC(OCc1ccccc1Br)c1ccccc1Cl. The highest BCUT2D eigenvalue weighted by Crippen LogP contribution is 2.26. The van der Waals surface area contributed by atoms with Gasteiger partial charge < -0.3 is 10.5 Å². The zero-order chi connectivity index (χ0) is 13.7. The summed E-state index contributed by atoms with van der Waals surface area (Å²) in [6.07, 6.45) is -0.194. The smallest absolute Gasteiger partial charge is 0.0965 e. The maximum absolute atomic E-state index is 6.17. The lowest BCUT2D eigenvalue weighted by Gasteiger charge is -2.18. The zero-order valence-corrected chi connectivity index (χ0v) is 12.7. The van der Waals surface area contributed by atoms with Gasteiger partial charge in [-0.3, -0.25) is 0 Å². The van der Waals surface area contributed by atoms with E-state index in [4.69, 9.17) is 22.1 Å². The van der Waals surface area contributed by atoms with Crippen LogP contribution in [0.1, 0.15) is 17.2 Å². The number of hydrogen-bond donors (Lipinski definition) is 1. The van der Waals surface area contributed by atoms with Gasteiger partial charge in [0.2, 0.25) is 0 Å². The normalized spacial score (nSPS) is 12.4. The van der Waals surface area contributed by atoms with Crippen molar-refractivity contribution in [1.82, 2.24) is 0 Å². The average molecular weight is 341 g/mol. The minimum atomic E-state index is -0.194. The number of ether oxygens (including phenoxy) is 1. The van der Waals surface area contributed by atoms with E-state index in [1.165, 1.54) is 0 Å². The van der Waals surface area contributed by atoms with Crippen molar-refractivity contribution in [2.75, 3.05) is 6.54 Å². The largest absolute Gasteiger partial charge is 0.367 e. The fraction of sp³-hybridized carbons (Fsp3) is 0.200. The molecule has 0 bridgehead atoms. The highest BCUT2D eigenvalue weighted by Gasteiger charge is 2.13. The van der Waals surface area contributed by atoms with Gasteiger partial charge in [0.05, 0.1) is 12.7 Å². The Morgan fingerprint density at radius 2 is 1.79 bits per heavy atom. The van der Waals surface area contributed by atoms with E-state index in [2.05, 4.69) is 15.9 Å². The maximum atomic E-state index is 6.17. The van der Waals surface area contributed by atoms with Crippen LogP contribution in [0.25, 0.3) is 0 Å². The van der Waals surface area contributed by atoms with Crippen LogP contribution >= 0.6 is 27.5 Å². The number of nitrogens with two attached hydrogens (primary N) is 1. The van der Waals surface area contributed by atoms with Crippen LogP contribution in [-0.4, -0.2) is 6.54 Å². The summed E-state index contributed by atoms with van der Waals surface area (Å²) in [6, 6.07) is 15.6. The topological polar surface area (TPSA) is 35.2 Å². The van der Waals surface area contributed by atoms with Gasteiger partial charge in [-0.05, 0) is 17.7 Å². The van der Waals surface area contributed by atoms with E-state index in [0.717, 1.165) is 15.6 Å². The fourth-order valence-electron chi connectivity index (χ4n) is 1.83. The van der Waals surface area contributed by atoms with Gasteiger partial charge in [-0.2, -0.15) is 0 Å². The lowest BCUT2D eigenvalue weighted by molar-refractivity contribution is 0.0454. The van der Waals surface area contributed by atoms with Gasteiger partial charge in [0.25, 0.3) is 0 Å². The van der Waals surface area contributed by atoms with E-state index >= 15 is 0 Å². The van der Waals surface area contributed by atoms with Crippen molar-refractivity contribution in [3.63, 3.8) is 0 Å². The first kappa shape index (κ1) is 14.5. The summed E-state index contributed by atoms with van der Waals surface area (Å²) in [5.41, 5.74) is 7.80. The minimum Gasteiger partial charge on any atom is -0.367 e. The van der Waals surface area contributed by atoms with Gasteiger partial charge in [-0.25, -0.2) is 0 Å². The predicted octanol–water partition coefficient (Wildman–Crippen LogP) is 4.32. The first-order valence-corrected chi connectivity index (χ1v) is 7.19. The van der Waals surface area contributed by atoms with E-state index in [1.807, 2.05) is 48.5 Å². The standard InChI is InChI=1S/C15H15BrClNO/c16-13-7-3-1-5-11(13)10-19-15(9-18)12-6-2-4-8-14(12)17/h1-8,15H,9-10,18H2. The number of halogens is 2. The second-order valence-corrected chi connectivity index (χ2v) is 5.41. The highest BCUT2D eigenvalue weighted by atomic mass is 79.9. The van der Waals surface area contributed by atoms with Crippen molar-refractivity contribution in [2.24, 2.45) is 5.73 Å². The van der Waals surface area contributed by atoms with Gasteiger partial charge in [-0.15, -0.1) is 0 Å². The fourth-order valence-corrected chi connectivity index (χ4v) is 2.48. The molecule has 19 heavy (non-hydrogen) atoms. The summed E-state index contributed by atoms with van der Waals surface area (Å²) in [7, 11) is 0. The molecular weight excluding hydrogens is 326 g/mol. The summed E-state index contributed by atoms with van der Waals surface area (Å²) in [6.45, 7) is 0.892. The highest BCUT2D eigenvalue weighted by molar-refractivity contribution is 9.10. The van der Waals surface area contributed by atoms with E-state index in [-0.39, 0.29) is 6.10 Å². The molecule has 0 spiro atoms. The van der Waals surface area contributed by atoms with Crippen molar-refractivity contribution in [2.45, 2.75) is 12.7 Å². The van der Waals surface area contributed by atoms with Crippen LogP contribution in [0.2, 0.25) is 5.02 Å². The summed E-state index contributed by atoms with van der Waals surface area (Å²) in [5, 5.41) is 0.685. The van der Waals surface area contributed by atoms with E-state index in [0.29, 0.717) is 18.2 Å². The van der Waals surface area contributed by atoms with Crippen LogP contribution in [-0.2, 0) is 11.3 Å². The maximum Gasteiger partial charge on any atom is 0.0965 e. The Balaban J connectivity index is 2.09. The molecule has 0 amide bonds. The third-order valence-corrected chi connectivity index (χ3v) is 3.98. The second-order valence-electron chi connectivity index (χ2n) is 4.15. The summed E-state index contributed by atoms with van der Waals surface area (Å²) >= 11 is 9.67. The molecule has 0 saturated heterocycles. The minimum absolute atomic E-state index is 0.194. The van der Waals surface area contributed by atoms with E-state index in [9.17, 15) is 0 Å². The molecule has 0 aromatic heterocycles. The lowest BCUT2D eigenvalue weighted by Crippen LogP contribution is -2.16. The molecule has 4 heteroatoms. The van der Waals surface area contributed by atoms with Gasteiger partial charge in [0.1, 0.15) is 0 Å². The van der Waals surface area contributed by atoms with Gasteiger partial charge >= 0.3 is 0 Å². The molecule has 2 N–H and O–H groups in total. The average Bonchev–Trinajstić information content (AvgIpc) is 2.43. The van der Waals surface area contributed by atoms with Crippen molar-refractivity contribution in [3.05, 3.63) is 69.2 Å². The van der Waals surface area contributed by atoms with Gasteiger partial charge in [-0.1, -0.05) is 63.9 Å². The van der Waals surface area contributed by atoms with E-state index < -0.39 is 0 Å². The summed E-state index contributed by atoms with van der Waals surface area (Å²) in [4.78, 5) is 0. The molecule has 0 saturated carbocycles. The van der Waals surface area contributed by atoms with Crippen LogP contribution in [0, 0.1) is 0 Å². The molecule has 0 radical (unpaired) electrons. The van der Waals surface area contributed by atoms with Crippen molar-refractivity contribution in [3.8, 4) is 0 Å². The van der Waals surface area contributed by atoms with Crippen LogP contribution in [0.15, 0.2) is 53.0 Å². The Morgan fingerprint density at radius 3 is 2.47 bits per heavy atom. The summed E-state index contributed by atoms with van der Waals surface area (Å²) in [5.74, 6) is 0. The molecule has 2 rings (SSSR count). The van der Waals surface area contributed by atoms with Gasteiger partial charge in [0.15, 0.2) is 0 Å². The van der Waals surface area contributed by atoms with Crippen molar-refractivity contribution in [1.29, 1.82) is 0 Å². The molecule has 1 atom stereocenters. The van der Waals surface area contributed by atoms with Crippen LogP contribution in [0.5, 0.6) is 0 Å². The molecular formula is C15H15BrClNO. The van der Waals surface area contributed by atoms with E-state index in [1.54, 1.807) is 0 Å². The Kier molecular flexibility index (Phi) is 5.40. The summed E-state index contributed by atoms with van der Waals surface area (Å²) < 4.78 is 6.92. The quantitative estimate of drug-likeness (QED) is 0.880. The molecule has 2 aromatic rings. The molecule has 0 heterocycles. The Hall–Kier alpha value is -0.870. The Morgan fingerprint density at radius 1 is 1.11 bits per heavy atom.